The maximum Gasteiger partial charge on any atom is 0.319 e. The fraction of sp³-hybridized carbons (Fsp3) is 0.636. The normalized spacial score (nSPS) is 21.4. The van der Waals surface area contributed by atoms with Crippen molar-refractivity contribution in [1.29, 1.82) is 0 Å². The van der Waals surface area contributed by atoms with Gasteiger partial charge in [0.1, 0.15) is 0 Å². The molecule has 1 aromatic rings. The molecule has 1 N–H and O–H groups in total. The summed E-state index contributed by atoms with van der Waals surface area (Å²) in [5.41, 5.74) is 1.26. The van der Waals surface area contributed by atoms with Crippen molar-refractivity contribution in [2.24, 2.45) is 5.92 Å². The van der Waals surface area contributed by atoms with Crippen LogP contribution in [0.25, 0.3) is 0 Å². The van der Waals surface area contributed by atoms with Crippen molar-refractivity contribution in [3.05, 3.63) is 35.9 Å². The van der Waals surface area contributed by atoms with Crippen LogP contribution in [0.1, 0.15) is 31.2 Å². The van der Waals surface area contributed by atoms with E-state index in [-0.39, 0.29) is 17.9 Å². The molecule has 3 amide bonds. The van der Waals surface area contributed by atoms with Crippen LogP contribution >= 0.6 is 0 Å². The Bertz CT molecular complexity index is 641. The van der Waals surface area contributed by atoms with E-state index in [1.165, 1.54) is 5.56 Å². The molecule has 0 unspecified atom stereocenters. The maximum absolute atomic E-state index is 12.6. The van der Waals surface area contributed by atoms with E-state index in [1.807, 2.05) is 23.1 Å². The van der Waals surface area contributed by atoms with Crippen molar-refractivity contribution in [3.8, 4) is 0 Å². The molecule has 3 rings (SSSR count). The van der Waals surface area contributed by atoms with Gasteiger partial charge in [0.15, 0.2) is 0 Å². The Balaban J connectivity index is 1.42. The third-order valence-corrected chi connectivity index (χ3v) is 6.01. The number of nitrogens with zero attached hydrogens (tertiary/aromatic N) is 3. The van der Waals surface area contributed by atoms with E-state index in [1.54, 1.807) is 19.0 Å². The minimum atomic E-state index is 0.0889. The van der Waals surface area contributed by atoms with Gasteiger partial charge in [-0.3, -0.25) is 9.69 Å². The van der Waals surface area contributed by atoms with Crippen molar-refractivity contribution in [2.45, 2.75) is 38.1 Å². The fourth-order valence-corrected chi connectivity index (χ4v) is 4.38. The molecule has 154 valence electrons. The van der Waals surface area contributed by atoms with E-state index in [0.29, 0.717) is 12.6 Å². The molecule has 2 saturated heterocycles. The number of hydrogen-bond donors (Lipinski definition) is 1. The second-order valence-corrected chi connectivity index (χ2v) is 8.26. The average molecular weight is 387 g/mol. The van der Waals surface area contributed by atoms with Crippen LogP contribution in [0.4, 0.5) is 4.79 Å². The number of piperidine rings is 2. The number of nitrogens with one attached hydrogen (secondary N) is 1. The first-order valence-electron chi connectivity index (χ1n) is 10.6. The van der Waals surface area contributed by atoms with E-state index in [0.717, 1.165) is 58.3 Å². The van der Waals surface area contributed by atoms with Crippen molar-refractivity contribution < 1.29 is 9.59 Å². The Morgan fingerprint density at radius 2 is 1.79 bits per heavy atom. The van der Waals surface area contributed by atoms with Crippen LogP contribution in [0.5, 0.6) is 0 Å². The van der Waals surface area contributed by atoms with Crippen LogP contribution < -0.4 is 5.32 Å². The monoisotopic (exact) mass is 386 g/mol. The summed E-state index contributed by atoms with van der Waals surface area (Å²) in [6, 6.07) is 10.9. The molecule has 1 atom stereocenters. The summed E-state index contributed by atoms with van der Waals surface area (Å²) >= 11 is 0. The van der Waals surface area contributed by atoms with Gasteiger partial charge in [-0.05, 0) is 44.2 Å². The third-order valence-electron chi connectivity index (χ3n) is 6.01. The molecule has 28 heavy (non-hydrogen) atoms. The quantitative estimate of drug-likeness (QED) is 0.844. The molecular weight excluding hydrogens is 352 g/mol. The summed E-state index contributed by atoms with van der Waals surface area (Å²) in [4.78, 5) is 30.8. The predicted molar refractivity (Wildman–Crippen MR) is 111 cm³/mol. The van der Waals surface area contributed by atoms with E-state index in [2.05, 4.69) is 22.3 Å². The standard InChI is InChI=1S/C22H34N4O2/c1-24(2)22(28)25-15-11-20(12-16-25)26-14-6-9-19(17-26)21(27)23-13-10-18-7-4-3-5-8-18/h3-5,7-8,19-20H,6,9-17H2,1-2H3,(H,23,27)/t19-/m1/s1. The maximum atomic E-state index is 12.6. The van der Waals surface area contributed by atoms with E-state index in [4.69, 9.17) is 0 Å². The highest BCUT2D eigenvalue weighted by Gasteiger charge is 2.32. The number of urea groups is 1. The number of likely N-dealkylation sites (tertiary alicyclic amines) is 2. The molecule has 0 aliphatic carbocycles. The summed E-state index contributed by atoms with van der Waals surface area (Å²) in [6.07, 6.45) is 4.93. The van der Waals surface area contributed by atoms with Gasteiger partial charge < -0.3 is 15.1 Å². The minimum Gasteiger partial charge on any atom is -0.355 e. The SMILES string of the molecule is CN(C)C(=O)N1CCC(N2CCC[C@@H](C(=O)NCCc3ccccc3)C2)CC1. The molecule has 0 bridgehead atoms. The lowest BCUT2D eigenvalue weighted by atomic mass is 9.93. The van der Waals surface area contributed by atoms with Gasteiger partial charge >= 0.3 is 6.03 Å². The molecule has 6 heteroatoms. The lowest BCUT2D eigenvalue weighted by Gasteiger charge is -2.42. The zero-order chi connectivity index (χ0) is 19.9. The first-order chi connectivity index (χ1) is 13.5. The number of hydrogen-bond acceptors (Lipinski definition) is 3. The Labute approximate surface area is 168 Å². The molecule has 2 aliphatic rings. The molecule has 6 nitrogen and oxygen atoms in total. The lowest BCUT2D eigenvalue weighted by Crippen LogP contribution is -2.52. The second kappa shape index (κ2) is 9.92. The first kappa shape index (κ1) is 20.6. The molecule has 0 spiro atoms. The molecule has 2 aliphatic heterocycles. The van der Waals surface area contributed by atoms with Crippen molar-refractivity contribution in [3.63, 3.8) is 0 Å². The van der Waals surface area contributed by atoms with Crippen LogP contribution in [0.3, 0.4) is 0 Å². The van der Waals surface area contributed by atoms with Crippen LogP contribution in [-0.4, -0.2) is 79.5 Å². The van der Waals surface area contributed by atoms with Gasteiger partial charge in [0.05, 0.1) is 5.92 Å². The summed E-state index contributed by atoms with van der Waals surface area (Å²) in [7, 11) is 3.61. The van der Waals surface area contributed by atoms with Gasteiger partial charge in [0.25, 0.3) is 0 Å². The Kier molecular flexibility index (Phi) is 7.31. The van der Waals surface area contributed by atoms with Gasteiger partial charge in [-0.1, -0.05) is 30.3 Å². The molecule has 0 aromatic heterocycles. The summed E-state index contributed by atoms with van der Waals surface area (Å²) < 4.78 is 0. The summed E-state index contributed by atoms with van der Waals surface area (Å²) in [5, 5.41) is 3.13. The first-order valence-corrected chi connectivity index (χ1v) is 10.6. The fourth-order valence-electron chi connectivity index (χ4n) is 4.38. The number of carbonyl (C=O) groups is 2. The molecule has 1 aromatic carbocycles. The predicted octanol–water partition coefficient (Wildman–Crippen LogP) is 2.20. The highest BCUT2D eigenvalue weighted by molar-refractivity contribution is 5.79. The molecule has 0 saturated carbocycles. The Morgan fingerprint density at radius 3 is 2.46 bits per heavy atom. The second-order valence-electron chi connectivity index (χ2n) is 8.26. The van der Waals surface area contributed by atoms with Gasteiger partial charge in [-0.15, -0.1) is 0 Å². The Hall–Kier alpha value is -2.08. The van der Waals surface area contributed by atoms with Crippen LogP contribution in [0.15, 0.2) is 30.3 Å². The zero-order valence-electron chi connectivity index (χ0n) is 17.3. The Morgan fingerprint density at radius 1 is 1.07 bits per heavy atom. The van der Waals surface area contributed by atoms with Gasteiger partial charge in [0.2, 0.25) is 5.91 Å². The van der Waals surface area contributed by atoms with E-state index in [9.17, 15) is 9.59 Å². The molecular formula is C22H34N4O2. The largest absolute Gasteiger partial charge is 0.355 e. The van der Waals surface area contributed by atoms with E-state index >= 15 is 0 Å². The van der Waals surface area contributed by atoms with E-state index < -0.39 is 0 Å². The summed E-state index contributed by atoms with van der Waals surface area (Å²) in [5.74, 6) is 0.284. The van der Waals surface area contributed by atoms with Gasteiger partial charge in [-0.2, -0.15) is 0 Å². The van der Waals surface area contributed by atoms with Crippen LogP contribution in [0.2, 0.25) is 0 Å². The number of benzene rings is 1. The molecule has 2 fully saturated rings. The van der Waals surface area contributed by atoms with Crippen LogP contribution in [-0.2, 0) is 11.2 Å². The van der Waals surface area contributed by atoms with Gasteiger partial charge in [0, 0.05) is 46.3 Å². The van der Waals surface area contributed by atoms with Crippen molar-refractivity contribution in [1.82, 2.24) is 20.0 Å². The summed E-state index contributed by atoms with van der Waals surface area (Å²) in [6.45, 7) is 4.24. The lowest BCUT2D eigenvalue weighted by molar-refractivity contribution is -0.127. The number of rotatable bonds is 5. The topological polar surface area (TPSA) is 55.9 Å². The highest BCUT2D eigenvalue weighted by Crippen LogP contribution is 2.24. The number of carbonyl (C=O) groups excluding carboxylic acids is 2. The van der Waals surface area contributed by atoms with Crippen molar-refractivity contribution >= 4 is 11.9 Å². The third kappa shape index (κ3) is 5.47. The van der Waals surface area contributed by atoms with Crippen LogP contribution in [0, 0.1) is 5.92 Å². The highest BCUT2D eigenvalue weighted by atomic mass is 16.2. The molecule has 2 heterocycles. The zero-order valence-corrected chi connectivity index (χ0v) is 17.3. The average Bonchev–Trinajstić information content (AvgIpc) is 2.74. The van der Waals surface area contributed by atoms with Crippen molar-refractivity contribution in [2.75, 3.05) is 46.8 Å². The number of amides is 3. The van der Waals surface area contributed by atoms with Gasteiger partial charge in [-0.25, -0.2) is 4.79 Å². The minimum absolute atomic E-state index is 0.0889. The molecule has 0 radical (unpaired) electrons. The smallest absolute Gasteiger partial charge is 0.319 e.